The van der Waals surface area contributed by atoms with Crippen LogP contribution >= 0.6 is 11.3 Å². The van der Waals surface area contributed by atoms with Crippen molar-refractivity contribution in [3.8, 4) is 11.5 Å². The van der Waals surface area contributed by atoms with E-state index < -0.39 is 17.7 Å². The van der Waals surface area contributed by atoms with Crippen LogP contribution in [0.15, 0.2) is 66.4 Å². The van der Waals surface area contributed by atoms with Gasteiger partial charge in [-0.2, -0.15) is 0 Å². The number of amides is 1. The Balaban J connectivity index is 1.55. The molecule has 5 aromatic rings. The molecule has 0 aliphatic carbocycles. The summed E-state index contributed by atoms with van der Waals surface area (Å²) in [6, 6.07) is 15.7. The number of thiazole rings is 1. The number of benzene rings is 2. The van der Waals surface area contributed by atoms with Crippen LogP contribution in [-0.4, -0.2) is 44.4 Å². The van der Waals surface area contributed by atoms with E-state index in [0.29, 0.717) is 58.4 Å². The lowest BCUT2D eigenvalue weighted by Crippen LogP contribution is -2.29. The largest absolute Gasteiger partial charge is 0.505 e. The highest BCUT2D eigenvalue weighted by Crippen LogP contribution is 2.46. The summed E-state index contributed by atoms with van der Waals surface area (Å²) in [6.07, 6.45) is 2.64. The van der Waals surface area contributed by atoms with Crippen molar-refractivity contribution < 1.29 is 24.2 Å². The smallest absolute Gasteiger partial charge is 0.301 e. The van der Waals surface area contributed by atoms with Crippen molar-refractivity contribution in [3.05, 3.63) is 88.9 Å². The fraction of sp³-hybridized carbons (Fsp3) is 0.294. The average molecular weight is 611 g/mol. The summed E-state index contributed by atoms with van der Waals surface area (Å²) >= 11 is 1.33. The topological polar surface area (TPSA) is 106 Å². The number of Topliss-reactive ketones (excluding diaryl/α,β-unsaturated/α-hetero) is 1. The zero-order valence-corrected chi connectivity index (χ0v) is 26.1. The van der Waals surface area contributed by atoms with Crippen LogP contribution in [0.1, 0.15) is 55.7 Å². The molecule has 1 fully saturated rings. The number of anilines is 1. The van der Waals surface area contributed by atoms with Crippen LogP contribution in [0.4, 0.5) is 5.13 Å². The second-order valence-corrected chi connectivity index (χ2v) is 12.3. The Morgan fingerprint density at radius 2 is 1.84 bits per heavy atom. The molecular formula is C34H34N4O5S. The number of pyridine rings is 1. The van der Waals surface area contributed by atoms with Crippen molar-refractivity contribution in [2.45, 2.75) is 47.1 Å². The molecule has 9 nitrogen and oxygen atoms in total. The summed E-state index contributed by atoms with van der Waals surface area (Å²) in [7, 11) is 0. The van der Waals surface area contributed by atoms with Gasteiger partial charge in [-0.1, -0.05) is 43.4 Å². The zero-order chi connectivity index (χ0) is 31.1. The number of ether oxygens (including phenoxy) is 2. The Hall–Kier alpha value is -4.70. The summed E-state index contributed by atoms with van der Waals surface area (Å²) in [5.41, 5.74) is 3.80. The lowest BCUT2D eigenvalue weighted by molar-refractivity contribution is -0.132. The predicted molar refractivity (Wildman–Crippen MR) is 172 cm³/mol. The van der Waals surface area contributed by atoms with E-state index in [1.165, 1.54) is 16.2 Å². The number of nitrogens with zero attached hydrogens (tertiary/aromatic N) is 4. The van der Waals surface area contributed by atoms with E-state index in [2.05, 4.69) is 18.8 Å². The maximum atomic E-state index is 13.9. The van der Waals surface area contributed by atoms with Gasteiger partial charge in [-0.05, 0) is 80.6 Å². The van der Waals surface area contributed by atoms with Crippen LogP contribution in [-0.2, 0) is 9.59 Å². The first-order valence-electron chi connectivity index (χ1n) is 14.7. The Labute approximate surface area is 259 Å². The molecule has 6 rings (SSSR count). The quantitative estimate of drug-likeness (QED) is 0.109. The van der Waals surface area contributed by atoms with E-state index in [0.717, 1.165) is 22.2 Å². The molecule has 1 unspecified atom stereocenters. The molecule has 3 aromatic heterocycles. The minimum Gasteiger partial charge on any atom is -0.505 e. The first-order valence-corrected chi connectivity index (χ1v) is 15.5. The van der Waals surface area contributed by atoms with Gasteiger partial charge in [0.15, 0.2) is 22.4 Å². The first kappa shape index (κ1) is 29.4. The van der Waals surface area contributed by atoms with Gasteiger partial charge in [-0.15, -0.1) is 0 Å². The maximum absolute atomic E-state index is 13.9. The van der Waals surface area contributed by atoms with Crippen molar-refractivity contribution in [1.82, 2.24) is 14.4 Å². The Kier molecular flexibility index (Phi) is 7.85. The van der Waals surface area contributed by atoms with Crippen LogP contribution in [0.3, 0.4) is 0 Å². The Morgan fingerprint density at radius 3 is 2.61 bits per heavy atom. The summed E-state index contributed by atoms with van der Waals surface area (Å²) < 4.78 is 14.6. The number of hydrogen-bond donors (Lipinski definition) is 1. The Morgan fingerprint density at radius 1 is 1.02 bits per heavy atom. The highest BCUT2D eigenvalue weighted by atomic mass is 32.1. The van der Waals surface area contributed by atoms with Crippen molar-refractivity contribution in [2.75, 3.05) is 18.1 Å². The van der Waals surface area contributed by atoms with Crippen molar-refractivity contribution >= 4 is 49.8 Å². The third-order valence-electron chi connectivity index (χ3n) is 7.65. The lowest BCUT2D eigenvalue weighted by atomic mass is 9.96. The molecule has 1 aliphatic heterocycles. The van der Waals surface area contributed by atoms with Gasteiger partial charge in [0.2, 0.25) is 0 Å². The maximum Gasteiger partial charge on any atom is 0.301 e. The molecule has 0 spiro atoms. The molecule has 0 bridgehead atoms. The van der Waals surface area contributed by atoms with Crippen molar-refractivity contribution in [1.29, 1.82) is 0 Å². The predicted octanol–water partition coefficient (Wildman–Crippen LogP) is 7.01. The van der Waals surface area contributed by atoms with E-state index in [-0.39, 0.29) is 11.3 Å². The fourth-order valence-corrected chi connectivity index (χ4v) is 6.57. The fourth-order valence-electron chi connectivity index (χ4n) is 5.48. The summed E-state index contributed by atoms with van der Waals surface area (Å²) in [5, 5.41) is 12.3. The van der Waals surface area contributed by atoms with E-state index in [9.17, 15) is 14.7 Å². The second kappa shape index (κ2) is 11.8. The highest BCUT2D eigenvalue weighted by Gasteiger charge is 2.49. The van der Waals surface area contributed by atoms with Crippen LogP contribution in [0.2, 0.25) is 0 Å². The number of aryl methyl sites for hydroxylation is 2. The number of hydrogen-bond acceptors (Lipinski definition) is 8. The van der Waals surface area contributed by atoms with Gasteiger partial charge in [-0.3, -0.25) is 18.9 Å². The van der Waals surface area contributed by atoms with E-state index in [1.807, 2.05) is 56.3 Å². The molecule has 1 aliphatic rings. The number of aliphatic hydroxyl groups excluding tert-OH is 1. The molecule has 10 heteroatoms. The molecule has 226 valence electrons. The molecule has 1 amide bonds. The zero-order valence-electron chi connectivity index (χ0n) is 25.3. The summed E-state index contributed by atoms with van der Waals surface area (Å²) in [4.78, 5) is 38.5. The van der Waals surface area contributed by atoms with Crippen molar-refractivity contribution in [3.63, 3.8) is 0 Å². The summed E-state index contributed by atoms with van der Waals surface area (Å²) in [6.45, 7) is 10.8. The third kappa shape index (κ3) is 5.19. The molecule has 4 heterocycles. The molecular weight excluding hydrogens is 576 g/mol. The molecule has 1 atom stereocenters. The number of rotatable bonds is 9. The number of carbonyl (C=O) groups is 2. The van der Waals surface area contributed by atoms with Gasteiger partial charge >= 0.3 is 5.91 Å². The molecule has 2 aromatic carbocycles. The minimum absolute atomic E-state index is 0.0462. The molecule has 44 heavy (non-hydrogen) atoms. The SMILES string of the molecule is CCOc1cc(C2C(=C(O)c3c(C)nc4ccccn34)C(=O)C(=O)N2c2nc3ccc(C)cc3s2)ccc1OCCC(C)C. The van der Waals surface area contributed by atoms with E-state index in [1.54, 1.807) is 29.7 Å². The first-order chi connectivity index (χ1) is 21.2. The average Bonchev–Trinajstić information content (AvgIpc) is 3.63. The molecule has 1 N–H and O–H groups in total. The van der Waals surface area contributed by atoms with Crippen molar-refractivity contribution in [2.24, 2.45) is 5.92 Å². The monoisotopic (exact) mass is 610 g/mol. The Bertz CT molecular complexity index is 1940. The van der Waals surface area contributed by atoms with Gasteiger partial charge in [0.25, 0.3) is 5.78 Å². The number of aromatic nitrogens is 3. The van der Waals surface area contributed by atoms with Gasteiger partial charge in [0, 0.05) is 6.20 Å². The van der Waals surface area contributed by atoms with E-state index >= 15 is 0 Å². The van der Waals surface area contributed by atoms with E-state index in [4.69, 9.17) is 14.5 Å². The highest BCUT2D eigenvalue weighted by molar-refractivity contribution is 7.22. The second-order valence-electron chi connectivity index (χ2n) is 11.3. The number of fused-ring (bicyclic) bond motifs is 2. The van der Waals surface area contributed by atoms with Gasteiger partial charge in [0.05, 0.1) is 40.7 Å². The molecule has 0 saturated carbocycles. The number of carbonyl (C=O) groups excluding carboxylic acids is 2. The van der Waals surface area contributed by atoms with Gasteiger partial charge < -0.3 is 14.6 Å². The van der Waals surface area contributed by atoms with Crippen LogP contribution in [0.25, 0.3) is 21.6 Å². The molecule has 1 saturated heterocycles. The summed E-state index contributed by atoms with van der Waals surface area (Å²) in [5.74, 6) is -0.339. The molecule has 0 radical (unpaired) electrons. The van der Waals surface area contributed by atoms with Crippen LogP contribution < -0.4 is 14.4 Å². The minimum atomic E-state index is -0.978. The van der Waals surface area contributed by atoms with Gasteiger partial charge in [-0.25, -0.2) is 9.97 Å². The standard InChI is InChI=1S/C34H34N4O5S/c1-6-42-25-18-22(11-13-24(25)43-16-14-19(2)3)30-28(31(39)29-21(5)35-27-9-7-8-15-37(27)29)32(40)33(41)38(30)34-36-23-12-10-20(4)17-26(23)44-34/h7-13,15,17-19,30,39H,6,14,16H2,1-5H3. The number of ketones is 1. The lowest BCUT2D eigenvalue weighted by Gasteiger charge is -2.24. The van der Waals surface area contributed by atoms with Crippen LogP contribution in [0.5, 0.6) is 11.5 Å². The third-order valence-corrected chi connectivity index (χ3v) is 8.67. The normalized spacial score (nSPS) is 16.5. The van der Waals surface area contributed by atoms with Gasteiger partial charge in [0.1, 0.15) is 11.3 Å². The number of aliphatic hydroxyl groups is 1. The van der Waals surface area contributed by atoms with Crippen LogP contribution in [0, 0.1) is 19.8 Å². The number of imidazole rings is 1.